The monoisotopic (exact) mass is 251 g/mol. The summed E-state index contributed by atoms with van der Waals surface area (Å²) in [4.78, 5) is 0. The largest absolute Gasteiger partial charge is 0.314 e. The van der Waals surface area contributed by atoms with Crippen LogP contribution in [0, 0.1) is 28.6 Å². The zero-order valence-corrected chi connectivity index (χ0v) is 13.3. The second kappa shape index (κ2) is 4.81. The van der Waals surface area contributed by atoms with Gasteiger partial charge in [-0.1, -0.05) is 54.4 Å². The van der Waals surface area contributed by atoms with E-state index >= 15 is 0 Å². The van der Waals surface area contributed by atoms with Crippen LogP contribution in [0.2, 0.25) is 0 Å². The lowest BCUT2D eigenvalue weighted by molar-refractivity contribution is 0.200. The molecule has 1 N–H and O–H groups in total. The summed E-state index contributed by atoms with van der Waals surface area (Å²) in [5, 5.41) is 3.84. The van der Waals surface area contributed by atoms with Crippen molar-refractivity contribution in [2.75, 3.05) is 6.54 Å². The molecule has 0 amide bonds. The topological polar surface area (TPSA) is 12.0 Å². The fourth-order valence-corrected chi connectivity index (χ4v) is 4.58. The van der Waals surface area contributed by atoms with Crippen molar-refractivity contribution in [1.29, 1.82) is 0 Å². The van der Waals surface area contributed by atoms with Gasteiger partial charge in [-0.25, -0.2) is 0 Å². The van der Waals surface area contributed by atoms with Gasteiger partial charge in [0.1, 0.15) is 0 Å². The summed E-state index contributed by atoms with van der Waals surface area (Å²) in [6, 6.07) is 0.757. The van der Waals surface area contributed by atoms with Crippen molar-refractivity contribution >= 4 is 0 Å². The summed E-state index contributed by atoms with van der Waals surface area (Å²) in [5.74, 6) is 2.75. The van der Waals surface area contributed by atoms with Gasteiger partial charge in [0, 0.05) is 6.04 Å². The molecule has 2 fully saturated rings. The maximum absolute atomic E-state index is 3.84. The molecule has 0 heterocycles. The molecule has 2 rings (SSSR count). The first-order valence-electron chi connectivity index (χ1n) is 8.05. The fraction of sp³-hybridized carbons (Fsp3) is 1.00. The van der Waals surface area contributed by atoms with Crippen LogP contribution in [0.15, 0.2) is 0 Å². The molecule has 2 aliphatic carbocycles. The minimum atomic E-state index is 0.517. The maximum atomic E-state index is 3.84. The van der Waals surface area contributed by atoms with Crippen molar-refractivity contribution in [3.8, 4) is 0 Å². The van der Waals surface area contributed by atoms with Crippen molar-refractivity contribution in [1.82, 2.24) is 5.32 Å². The second-order valence-corrected chi connectivity index (χ2v) is 8.02. The molecule has 18 heavy (non-hydrogen) atoms. The molecule has 0 aromatic rings. The Bertz CT molecular complexity index is 270. The van der Waals surface area contributed by atoms with E-state index in [1.807, 2.05) is 0 Å². The van der Waals surface area contributed by atoms with E-state index in [1.165, 1.54) is 25.7 Å². The Morgan fingerprint density at radius 3 is 1.89 bits per heavy atom. The lowest BCUT2D eigenvalue weighted by Gasteiger charge is -2.34. The molecule has 1 unspecified atom stereocenters. The fourth-order valence-electron chi connectivity index (χ4n) is 4.58. The molecule has 2 saturated carbocycles. The first-order valence-corrected chi connectivity index (χ1v) is 8.05. The third kappa shape index (κ3) is 2.24. The van der Waals surface area contributed by atoms with Crippen molar-refractivity contribution in [3.05, 3.63) is 0 Å². The Kier molecular flexibility index (Phi) is 3.84. The van der Waals surface area contributed by atoms with Crippen LogP contribution in [0.1, 0.15) is 67.2 Å². The number of nitrogens with one attached hydrogen (secondary N) is 1. The molecule has 0 saturated heterocycles. The summed E-state index contributed by atoms with van der Waals surface area (Å²) < 4.78 is 0. The van der Waals surface area contributed by atoms with Gasteiger partial charge >= 0.3 is 0 Å². The Morgan fingerprint density at radius 1 is 1.00 bits per heavy atom. The van der Waals surface area contributed by atoms with Gasteiger partial charge in [-0.2, -0.15) is 0 Å². The highest BCUT2D eigenvalue weighted by atomic mass is 15.0. The Hall–Kier alpha value is -0.0400. The van der Waals surface area contributed by atoms with E-state index in [4.69, 9.17) is 0 Å². The highest BCUT2D eigenvalue weighted by molar-refractivity contribution is 5.17. The molecule has 1 heteroatoms. The summed E-state index contributed by atoms with van der Waals surface area (Å²) in [5.41, 5.74) is 1.03. The second-order valence-electron chi connectivity index (χ2n) is 8.02. The lowest BCUT2D eigenvalue weighted by Crippen LogP contribution is -2.41. The first-order chi connectivity index (χ1) is 8.32. The average molecular weight is 251 g/mol. The normalized spacial score (nSPS) is 36.3. The minimum absolute atomic E-state index is 0.517. The smallest absolute Gasteiger partial charge is 0.0134 e. The van der Waals surface area contributed by atoms with Crippen LogP contribution < -0.4 is 5.32 Å². The summed E-state index contributed by atoms with van der Waals surface area (Å²) in [6.07, 6.45) is 5.78. The van der Waals surface area contributed by atoms with E-state index in [2.05, 4.69) is 46.9 Å². The Morgan fingerprint density at radius 2 is 1.50 bits per heavy atom. The van der Waals surface area contributed by atoms with Crippen LogP contribution in [-0.4, -0.2) is 12.6 Å². The molecule has 0 bridgehead atoms. The molecular formula is C17H33N. The van der Waals surface area contributed by atoms with Gasteiger partial charge in [0.25, 0.3) is 0 Å². The Labute approximate surface area is 114 Å². The SMILES string of the molecule is CCNC(C1CCC(C)CC1)C1C(C)(C)C1(C)C. The maximum Gasteiger partial charge on any atom is 0.0134 e. The molecular weight excluding hydrogens is 218 g/mol. The summed E-state index contributed by atoms with van der Waals surface area (Å²) in [6.45, 7) is 15.7. The molecule has 0 aromatic heterocycles. The zero-order chi connectivity index (χ0) is 13.6. The van der Waals surface area contributed by atoms with Crippen molar-refractivity contribution in [2.45, 2.75) is 73.3 Å². The predicted molar refractivity (Wildman–Crippen MR) is 79.6 cm³/mol. The van der Waals surface area contributed by atoms with Gasteiger partial charge in [0.2, 0.25) is 0 Å². The van der Waals surface area contributed by atoms with Crippen LogP contribution in [0.4, 0.5) is 0 Å². The molecule has 0 spiro atoms. The third-order valence-electron chi connectivity index (χ3n) is 6.50. The van der Waals surface area contributed by atoms with E-state index in [9.17, 15) is 0 Å². The number of hydrogen-bond donors (Lipinski definition) is 1. The van der Waals surface area contributed by atoms with Crippen LogP contribution in [-0.2, 0) is 0 Å². The zero-order valence-electron chi connectivity index (χ0n) is 13.3. The number of hydrogen-bond acceptors (Lipinski definition) is 1. The molecule has 0 radical (unpaired) electrons. The van der Waals surface area contributed by atoms with E-state index < -0.39 is 0 Å². The van der Waals surface area contributed by atoms with Gasteiger partial charge in [0.15, 0.2) is 0 Å². The van der Waals surface area contributed by atoms with Crippen molar-refractivity contribution < 1.29 is 0 Å². The van der Waals surface area contributed by atoms with Crippen LogP contribution >= 0.6 is 0 Å². The quantitative estimate of drug-likeness (QED) is 0.777. The van der Waals surface area contributed by atoms with E-state index in [-0.39, 0.29) is 0 Å². The standard InChI is InChI=1S/C17H33N/c1-7-18-14(13-10-8-12(2)9-11-13)15-16(3,4)17(15,5)6/h12-15,18H,7-11H2,1-6H3. The van der Waals surface area contributed by atoms with Crippen LogP contribution in [0.3, 0.4) is 0 Å². The van der Waals surface area contributed by atoms with Gasteiger partial charge in [-0.15, -0.1) is 0 Å². The summed E-state index contributed by atoms with van der Waals surface area (Å²) >= 11 is 0. The number of rotatable bonds is 4. The molecule has 2 aliphatic rings. The first kappa shape index (κ1) is 14.4. The lowest BCUT2D eigenvalue weighted by atomic mass is 9.76. The van der Waals surface area contributed by atoms with Crippen LogP contribution in [0.5, 0.6) is 0 Å². The van der Waals surface area contributed by atoms with Crippen LogP contribution in [0.25, 0.3) is 0 Å². The molecule has 1 atom stereocenters. The Balaban J connectivity index is 2.06. The van der Waals surface area contributed by atoms with Gasteiger partial charge < -0.3 is 5.32 Å². The molecule has 106 valence electrons. The molecule has 0 aliphatic heterocycles. The third-order valence-corrected chi connectivity index (χ3v) is 6.50. The van der Waals surface area contributed by atoms with Crippen molar-refractivity contribution in [2.24, 2.45) is 28.6 Å². The summed E-state index contributed by atoms with van der Waals surface area (Å²) in [7, 11) is 0. The highest BCUT2D eigenvalue weighted by Crippen LogP contribution is 2.70. The van der Waals surface area contributed by atoms with E-state index in [0.29, 0.717) is 10.8 Å². The van der Waals surface area contributed by atoms with Gasteiger partial charge in [-0.3, -0.25) is 0 Å². The highest BCUT2D eigenvalue weighted by Gasteiger charge is 2.67. The molecule has 1 nitrogen and oxygen atoms in total. The molecule has 0 aromatic carbocycles. The van der Waals surface area contributed by atoms with E-state index in [1.54, 1.807) is 0 Å². The average Bonchev–Trinajstić information content (AvgIpc) is 2.68. The van der Waals surface area contributed by atoms with E-state index in [0.717, 1.165) is 30.3 Å². The van der Waals surface area contributed by atoms with Gasteiger partial charge in [0.05, 0.1) is 0 Å². The minimum Gasteiger partial charge on any atom is -0.314 e. The van der Waals surface area contributed by atoms with Crippen molar-refractivity contribution in [3.63, 3.8) is 0 Å². The predicted octanol–water partition coefficient (Wildman–Crippen LogP) is 4.47. The van der Waals surface area contributed by atoms with Gasteiger partial charge in [-0.05, 0) is 48.0 Å².